The average molecular weight is 1070 g/mol. The molecule has 5 rings (SSSR count). The van der Waals surface area contributed by atoms with Crippen LogP contribution < -0.4 is 35.9 Å². The molecule has 1 aromatic carbocycles. The lowest BCUT2D eigenvalue weighted by atomic mass is 9.81. The molecule has 402 valence electrons. The lowest BCUT2D eigenvalue weighted by Crippen LogP contribution is -2.46. The summed E-state index contributed by atoms with van der Waals surface area (Å²) >= 11 is 0. The van der Waals surface area contributed by atoms with Gasteiger partial charge in [0.05, 0.1) is 32.8 Å². The number of nitrogen functional groups attached to an aromatic ring is 1. The van der Waals surface area contributed by atoms with Gasteiger partial charge in [-0.25, -0.2) is 19.3 Å². The Hall–Kier alpha value is -4.10. The minimum Gasteiger partial charge on any atom is -0.790 e. The summed E-state index contributed by atoms with van der Waals surface area (Å²) in [7, 11) is -17.7. The number of aryl methyl sites for hydroxylation is 2. The standard InChI is InChI=1S/C43H66N7O19P3/c1-41(2,17-9-7-13-27-11-5-6-12-28(27)14-8-10-18-43(19-20-43)40(56)57)30(51)15-21-45-31(52)16-22-46-38(55)35(54)42(3,4)24-66-72(63,64)69-71(61,62)65-23-29-34(68-70(58,59)60)33(53)39(67-29)50-26-49-32-36(44)47-25-48-37(32)50/h5-6,11-12,25-26,29,33-35,39,53-54H,7-10,13-24H2,1-4H3,(H,45,52)(H,46,55)(H,56,57)(H,61,62)(H,63,64)(H2,44,47,48)(H2,58,59,60)/p-4. The summed E-state index contributed by atoms with van der Waals surface area (Å²) < 4.78 is 61.0. The van der Waals surface area contributed by atoms with Crippen molar-refractivity contribution in [3.63, 3.8) is 0 Å². The Bertz CT molecular complexity index is 2540. The van der Waals surface area contributed by atoms with E-state index in [1.165, 1.54) is 25.0 Å². The van der Waals surface area contributed by atoms with Crippen molar-refractivity contribution in [1.82, 2.24) is 30.2 Å². The second-order valence-corrected chi connectivity index (χ2v) is 23.4. The number of nitrogens with two attached hydrogens (primary N) is 1. The van der Waals surface area contributed by atoms with Gasteiger partial charge in [-0.15, -0.1) is 0 Å². The Kier molecular flexibility index (Phi) is 20.0. The molecule has 2 amide bonds. The molecule has 7 N–H and O–H groups in total. The lowest BCUT2D eigenvalue weighted by Gasteiger charge is -2.36. The zero-order valence-electron chi connectivity index (χ0n) is 40.2. The second-order valence-electron chi connectivity index (χ2n) is 19.3. The maximum Gasteiger partial charge on any atom is 0.309 e. The van der Waals surface area contributed by atoms with Gasteiger partial charge in [0.25, 0.3) is 15.6 Å². The maximum atomic E-state index is 13.1. The molecule has 1 saturated heterocycles. The zero-order valence-corrected chi connectivity index (χ0v) is 42.9. The van der Waals surface area contributed by atoms with Gasteiger partial charge in [0, 0.05) is 36.8 Å². The first-order valence-electron chi connectivity index (χ1n) is 23.2. The van der Waals surface area contributed by atoms with E-state index < -0.39 is 101 Å². The number of phosphoric acid groups is 3. The van der Waals surface area contributed by atoms with Crippen LogP contribution in [0.25, 0.3) is 11.2 Å². The summed E-state index contributed by atoms with van der Waals surface area (Å²) in [5, 5.41) is 35.9. The zero-order chi connectivity index (χ0) is 53.3. The number of imidazole rings is 1. The number of nitrogens with one attached hydrogen (secondary N) is 2. The van der Waals surface area contributed by atoms with Crippen LogP contribution in [0.3, 0.4) is 0 Å². The molecule has 2 fully saturated rings. The number of unbranched alkanes of at least 4 members (excludes halogenated alkanes) is 2. The first kappa shape index (κ1) is 58.8. The number of amides is 2. The SMILES string of the molecule is CC(C)(CCCCc1ccccc1CCCCC1(C(=O)O)CC1)C(=O)CCNC(=O)CCNC(=O)C(O)C(C)(C)COP(=O)([O-])OP(=O)([O-])OCC1OC(n2cnc3c(N)ncnc32)C(O)C1OP(=O)([O-])[O-]. The number of aliphatic hydroxyl groups is 2. The highest BCUT2D eigenvalue weighted by Crippen LogP contribution is 2.57. The van der Waals surface area contributed by atoms with Crippen molar-refractivity contribution in [1.29, 1.82) is 0 Å². The Morgan fingerprint density at radius 1 is 0.917 bits per heavy atom. The molecule has 3 heterocycles. The van der Waals surface area contributed by atoms with E-state index >= 15 is 0 Å². The van der Waals surface area contributed by atoms with Crippen LogP contribution in [0.15, 0.2) is 36.9 Å². The second kappa shape index (κ2) is 24.5. The van der Waals surface area contributed by atoms with Crippen molar-refractivity contribution >= 4 is 64.0 Å². The first-order chi connectivity index (χ1) is 33.6. The number of anilines is 1. The van der Waals surface area contributed by atoms with Crippen molar-refractivity contribution in [3.8, 4) is 0 Å². The number of aliphatic hydroxyl groups excluding tert-OH is 2. The van der Waals surface area contributed by atoms with E-state index in [9.17, 15) is 67.8 Å². The van der Waals surface area contributed by atoms with E-state index in [1.807, 2.05) is 26.0 Å². The molecule has 0 bridgehead atoms. The molecule has 2 aromatic heterocycles. The molecule has 3 aromatic rings. The number of hydrogen-bond acceptors (Lipinski definition) is 22. The van der Waals surface area contributed by atoms with E-state index in [-0.39, 0.29) is 48.7 Å². The lowest BCUT2D eigenvalue weighted by molar-refractivity contribution is -0.347. The number of benzene rings is 1. The van der Waals surface area contributed by atoms with Crippen LogP contribution in [-0.2, 0) is 68.3 Å². The summed E-state index contributed by atoms with van der Waals surface area (Å²) in [5.41, 5.74) is 5.41. The van der Waals surface area contributed by atoms with E-state index in [4.69, 9.17) is 10.5 Å². The number of aliphatic carboxylic acids is 1. The maximum absolute atomic E-state index is 13.1. The Labute approximate surface area is 415 Å². The topological polar surface area (TPSA) is 412 Å². The summed E-state index contributed by atoms with van der Waals surface area (Å²) in [6, 6.07) is 8.23. The molecule has 0 radical (unpaired) electrons. The number of nitrogens with zero attached hydrogens (tertiary/aromatic N) is 4. The van der Waals surface area contributed by atoms with E-state index in [2.05, 4.69) is 55.6 Å². The highest BCUT2D eigenvalue weighted by molar-refractivity contribution is 7.59. The highest BCUT2D eigenvalue weighted by atomic mass is 31.3. The third-order valence-corrected chi connectivity index (χ3v) is 15.8. The van der Waals surface area contributed by atoms with Crippen molar-refractivity contribution in [2.75, 3.05) is 32.0 Å². The molecule has 7 unspecified atom stereocenters. The van der Waals surface area contributed by atoms with Gasteiger partial charge in [-0.2, -0.15) is 0 Å². The number of aromatic nitrogens is 4. The number of carbonyl (C=O) groups excluding carboxylic acids is 3. The molecule has 26 nitrogen and oxygen atoms in total. The van der Waals surface area contributed by atoms with Gasteiger partial charge in [-0.3, -0.25) is 32.9 Å². The highest BCUT2D eigenvalue weighted by Gasteiger charge is 2.49. The van der Waals surface area contributed by atoms with Gasteiger partial charge in [0.15, 0.2) is 17.7 Å². The largest absolute Gasteiger partial charge is 0.790 e. The number of carboxylic acids is 1. The van der Waals surface area contributed by atoms with Crippen molar-refractivity contribution in [3.05, 3.63) is 48.0 Å². The smallest absolute Gasteiger partial charge is 0.309 e. The van der Waals surface area contributed by atoms with Crippen LogP contribution in [0.5, 0.6) is 0 Å². The van der Waals surface area contributed by atoms with E-state index in [0.717, 1.165) is 68.6 Å². The van der Waals surface area contributed by atoms with Crippen LogP contribution in [0.2, 0.25) is 0 Å². The Morgan fingerprint density at radius 3 is 2.17 bits per heavy atom. The quantitative estimate of drug-likeness (QED) is 0.0384. The van der Waals surface area contributed by atoms with Gasteiger partial charge in [0.2, 0.25) is 11.8 Å². The number of ketones is 1. The third-order valence-electron chi connectivity index (χ3n) is 12.8. The van der Waals surface area contributed by atoms with Crippen LogP contribution in [0.1, 0.15) is 109 Å². The summed E-state index contributed by atoms with van der Waals surface area (Å²) in [5.74, 6) is -2.34. The first-order valence-corrected chi connectivity index (χ1v) is 27.6. The normalized spacial score (nSPS) is 21.1. The number of ether oxygens (including phenoxy) is 1. The molecule has 1 aliphatic carbocycles. The fourth-order valence-electron chi connectivity index (χ4n) is 8.14. The summed E-state index contributed by atoms with van der Waals surface area (Å²) in [4.78, 5) is 110. The van der Waals surface area contributed by atoms with Crippen molar-refractivity contribution in [2.45, 2.75) is 135 Å². The van der Waals surface area contributed by atoms with E-state index in [1.54, 1.807) is 0 Å². The number of hydrogen-bond donors (Lipinski definition) is 6. The number of Topliss-reactive ketones (excluding diaryl/α,β-unsaturated/α-hetero) is 1. The predicted molar refractivity (Wildman–Crippen MR) is 245 cm³/mol. The fraction of sp³-hybridized carbons (Fsp3) is 0.651. The summed E-state index contributed by atoms with van der Waals surface area (Å²) in [6.07, 6.45) is 0.457. The monoisotopic (exact) mass is 1070 g/mol. The number of fused-ring (bicyclic) bond motifs is 1. The molecule has 29 heteroatoms. The summed E-state index contributed by atoms with van der Waals surface area (Å²) in [6.45, 7) is 3.61. The average Bonchev–Trinajstić information content (AvgIpc) is 3.88. The Balaban J connectivity index is 0.979. The van der Waals surface area contributed by atoms with Crippen LogP contribution >= 0.6 is 23.5 Å². The minimum absolute atomic E-state index is 0.0274. The molecule has 1 aliphatic heterocycles. The Morgan fingerprint density at radius 2 is 1.54 bits per heavy atom. The molecule has 72 heavy (non-hydrogen) atoms. The third kappa shape index (κ3) is 16.7. The number of rotatable bonds is 31. The molecule has 2 aliphatic rings. The molecule has 7 atom stereocenters. The van der Waals surface area contributed by atoms with Gasteiger partial charge in [0.1, 0.15) is 42.0 Å². The predicted octanol–water partition coefficient (Wildman–Crippen LogP) is 0.853. The minimum atomic E-state index is -5.94. The number of carboxylic acid groups (broad SMARTS) is 1. The van der Waals surface area contributed by atoms with Crippen molar-refractivity contribution < 1.29 is 90.4 Å². The van der Waals surface area contributed by atoms with Gasteiger partial charge in [-0.1, -0.05) is 64.8 Å². The van der Waals surface area contributed by atoms with E-state index in [0.29, 0.717) is 12.8 Å². The van der Waals surface area contributed by atoms with Crippen LogP contribution in [0.4, 0.5) is 5.82 Å². The van der Waals surface area contributed by atoms with Crippen molar-refractivity contribution in [2.24, 2.45) is 16.2 Å². The van der Waals surface area contributed by atoms with Gasteiger partial charge < -0.3 is 74.1 Å². The van der Waals surface area contributed by atoms with Gasteiger partial charge >= 0.3 is 5.97 Å². The molecule has 0 spiro atoms. The van der Waals surface area contributed by atoms with Gasteiger partial charge in [-0.05, 0) is 62.5 Å². The molecular weight excluding hydrogens is 1010 g/mol. The van der Waals surface area contributed by atoms with Crippen LogP contribution in [0, 0.1) is 16.2 Å². The fourth-order valence-corrected chi connectivity index (χ4v) is 10.9. The van der Waals surface area contributed by atoms with Crippen LogP contribution in [-0.4, -0.2) is 109 Å². The molecular formula is C43H62N7O19P3-4. The number of carbonyl (C=O) groups is 4. The molecule has 1 saturated carbocycles. The number of phosphoric ester groups is 3.